The maximum atomic E-state index is 13.2. The number of fused-ring (bicyclic) bond motifs is 1. The molecule has 1 atom stereocenters. The third kappa shape index (κ3) is 4.99. The van der Waals surface area contributed by atoms with E-state index in [9.17, 15) is 9.59 Å². The topological polar surface area (TPSA) is 88.8 Å². The van der Waals surface area contributed by atoms with Crippen LogP contribution in [0.2, 0.25) is 5.02 Å². The van der Waals surface area contributed by atoms with Gasteiger partial charge in [0, 0.05) is 29.6 Å². The van der Waals surface area contributed by atoms with Gasteiger partial charge in [0.05, 0.1) is 35.6 Å². The molecule has 2 N–H and O–H groups in total. The van der Waals surface area contributed by atoms with Gasteiger partial charge in [0.1, 0.15) is 0 Å². The normalized spacial score (nSPS) is 16.0. The summed E-state index contributed by atoms with van der Waals surface area (Å²) in [5.74, 6) is -0.216. The molecular weight excluding hydrogens is 440 g/mol. The fourth-order valence-electron chi connectivity index (χ4n) is 3.79. The average Bonchev–Trinajstić information content (AvgIpc) is 2.83. The van der Waals surface area contributed by atoms with Crippen LogP contribution in [0, 0.1) is 0 Å². The van der Waals surface area contributed by atoms with Crippen LogP contribution in [0.15, 0.2) is 67.3 Å². The molecule has 7 nitrogen and oxygen atoms in total. The molecule has 0 saturated carbocycles. The SMILES string of the molecule is C=CCCOC(=O)N1CCN(C(=O)c2ccc3c(Cl)cc(-c4ccccc4)nc3c2)[C@H](N)C1. The predicted molar refractivity (Wildman–Crippen MR) is 129 cm³/mol. The predicted octanol–water partition coefficient (Wildman–Crippen LogP) is 4.31. The van der Waals surface area contributed by atoms with Crippen molar-refractivity contribution in [1.82, 2.24) is 14.8 Å². The fourth-order valence-corrected chi connectivity index (χ4v) is 4.05. The third-order valence-electron chi connectivity index (χ3n) is 5.56. The minimum absolute atomic E-state index is 0.203. The molecule has 1 aliphatic heterocycles. The number of hydrogen-bond acceptors (Lipinski definition) is 5. The number of pyridine rings is 1. The van der Waals surface area contributed by atoms with E-state index in [1.807, 2.05) is 36.4 Å². The Bertz CT molecular complexity index is 1180. The average molecular weight is 465 g/mol. The van der Waals surface area contributed by atoms with E-state index in [4.69, 9.17) is 27.1 Å². The molecule has 0 unspecified atom stereocenters. The molecule has 2 amide bonds. The Balaban J connectivity index is 1.52. The van der Waals surface area contributed by atoms with Gasteiger partial charge in [-0.05, 0) is 24.6 Å². The number of hydrogen-bond donors (Lipinski definition) is 1. The number of carbonyl (C=O) groups is 2. The van der Waals surface area contributed by atoms with Gasteiger partial charge in [-0.1, -0.05) is 54.1 Å². The summed E-state index contributed by atoms with van der Waals surface area (Å²) in [6, 6.07) is 16.8. The van der Waals surface area contributed by atoms with Crippen LogP contribution in [0.5, 0.6) is 0 Å². The molecule has 8 heteroatoms. The van der Waals surface area contributed by atoms with Crippen molar-refractivity contribution in [1.29, 1.82) is 0 Å². The van der Waals surface area contributed by atoms with Crippen molar-refractivity contribution in [3.8, 4) is 11.3 Å². The number of amides is 2. The quantitative estimate of drug-likeness (QED) is 0.449. The van der Waals surface area contributed by atoms with Gasteiger partial charge < -0.3 is 20.3 Å². The van der Waals surface area contributed by atoms with E-state index in [1.54, 1.807) is 29.2 Å². The Morgan fingerprint density at radius 1 is 1.18 bits per heavy atom. The molecule has 2 aromatic carbocycles. The second kappa shape index (κ2) is 10.0. The van der Waals surface area contributed by atoms with E-state index in [0.717, 1.165) is 16.6 Å². The number of carbonyl (C=O) groups excluding carboxylic acids is 2. The number of halogens is 1. The van der Waals surface area contributed by atoms with Crippen LogP contribution < -0.4 is 5.73 Å². The zero-order valence-electron chi connectivity index (χ0n) is 18.1. The van der Waals surface area contributed by atoms with Crippen molar-refractivity contribution < 1.29 is 14.3 Å². The molecule has 33 heavy (non-hydrogen) atoms. The number of piperazine rings is 1. The second-order valence-electron chi connectivity index (χ2n) is 7.79. The van der Waals surface area contributed by atoms with Crippen LogP contribution in [0.4, 0.5) is 4.79 Å². The number of rotatable bonds is 5. The maximum absolute atomic E-state index is 13.2. The first-order valence-electron chi connectivity index (χ1n) is 10.7. The van der Waals surface area contributed by atoms with Gasteiger partial charge in [-0.2, -0.15) is 0 Å². The highest BCUT2D eigenvalue weighted by Crippen LogP contribution is 2.29. The summed E-state index contributed by atoms with van der Waals surface area (Å²) >= 11 is 6.50. The number of nitrogens with two attached hydrogens (primary N) is 1. The molecule has 0 radical (unpaired) electrons. The Kier molecular flexibility index (Phi) is 6.91. The van der Waals surface area contributed by atoms with Gasteiger partial charge in [-0.3, -0.25) is 4.79 Å². The van der Waals surface area contributed by atoms with Crippen molar-refractivity contribution in [3.63, 3.8) is 0 Å². The molecule has 0 aliphatic carbocycles. The largest absolute Gasteiger partial charge is 0.449 e. The molecule has 2 heterocycles. The summed E-state index contributed by atoms with van der Waals surface area (Å²) in [4.78, 5) is 33.2. The molecule has 4 rings (SSSR count). The lowest BCUT2D eigenvalue weighted by molar-refractivity contribution is 0.0395. The second-order valence-corrected chi connectivity index (χ2v) is 8.20. The molecule has 1 fully saturated rings. The van der Waals surface area contributed by atoms with Crippen LogP contribution in [0.1, 0.15) is 16.8 Å². The molecule has 0 spiro atoms. The van der Waals surface area contributed by atoms with Crippen LogP contribution in [-0.2, 0) is 4.74 Å². The zero-order chi connectivity index (χ0) is 23.4. The van der Waals surface area contributed by atoms with E-state index in [1.165, 1.54) is 4.90 Å². The smallest absolute Gasteiger partial charge is 0.409 e. The van der Waals surface area contributed by atoms with Crippen LogP contribution >= 0.6 is 11.6 Å². The summed E-state index contributed by atoms with van der Waals surface area (Å²) in [5.41, 5.74) is 9.01. The standard InChI is InChI=1S/C25H25ClN4O3/c1-2-3-13-33-25(32)29-11-12-30(23(27)16-29)24(31)18-9-10-19-20(26)15-21(28-22(19)14-18)17-7-5-4-6-8-17/h2,4-10,14-15,23H,1,3,11-13,16,27H2/t23-/m0/s1. The summed E-state index contributed by atoms with van der Waals surface area (Å²) in [7, 11) is 0. The number of benzene rings is 2. The van der Waals surface area contributed by atoms with Crippen molar-refractivity contribution in [3.05, 3.63) is 77.8 Å². The maximum Gasteiger partial charge on any atom is 0.409 e. The number of aromatic nitrogens is 1. The highest BCUT2D eigenvalue weighted by molar-refractivity contribution is 6.35. The Morgan fingerprint density at radius 2 is 1.97 bits per heavy atom. The van der Waals surface area contributed by atoms with Crippen LogP contribution in [-0.4, -0.2) is 59.2 Å². The Labute approximate surface area is 197 Å². The summed E-state index contributed by atoms with van der Waals surface area (Å²) < 4.78 is 5.19. The van der Waals surface area contributed by atoms with Gasteiger partial charge in [0.25, 0.3) is 5.91 Å². The Morgan fingerprint density at radius 3 is 2.70 bits per heavy atom. The van der Waals surface area contributed by atoms with E-state index in [2.05, 4.69) is 6.58 Å². The lowest BCUT2D eigenvalue weighted by Gasteiger charge is -2.39. The highest BCUT2D eigenvalue weighted by Gasteiger charge is 2.31. The van der Waals surface area contributed by atoms with Gasteiger partial charge >= 0.3 is 6.09 Å². The molecule has 1 saturated heterocycles. The zero-order valence-corrected chi connectivity index (χ0v) is 18.9. The van der Waals surface area contributed by atoms with E-state index in [-0.39, 0.29) is 19.1 Å². The first-order chi connectivity index (χ1) is 16.0. The Hall–Kier alpha value is -3.42. The van der Waals surface area contributed by atoms with Gasteiger partial charge in [-0.25, -0.2) is 9.78 Å². The minimum atomic E-state index is -0.638. The number of ether oxygens (including phenoxy) is 1. The summed E-state index contributed by atoms with van der Waals surface area (Å²) in [6.07, 6.45) is 1.20. The highest BCUT2D eigenvalue weighted by atomic mass is 35.5. The molecule has 1 aliphatic rings. The van der Waals surface area contributed by atoms with Crippen molar-refractivity contribution in [2.24, 2.45) is 5.73 Å². The third-order valence-corrected chi connectivity index (χ3v) is 5.87. The lowest BCUT2D eigenvalue weighted by atomic mass is 10.1. The van der Waals surface area contributed by atoms with E-state index >= 15 is 0 Å². The van der Waals surface area contributed by atoms with Crippen molar-refractivity contribution >= 4 is 34.5 Å². The molecule has 3 aromatic rings. The monoisotopic (exact) mass is 464 g/mol. The van der Waals surface area contributed by atoms with Crippen LogP contribution in [0.3, 0.4) is 0 Å². The van der Waals surface area contributed by atoms with E-state index in [0.29, 0.717) is 35.6 Å². The molecular formula is C25H25ClN4O3. The van der Waals surface area contributed by atoms with Gasteiger partial charge in [-0.15, -0.1) is 6.58 Å². The molecule has 170 valence electrons. The van der Waals surface area contributed by atoms with Gasteiger partial charge in [0.15, 0.2) is 0 Å². The first kappa shape index (κ1) is 22.8. The van der Waals surface area contributed by atoms with Crippen molar-refractivity contribution in [2.45, 2.75) is 12.6 Å². The van der Waals surface area contributed by atoms with E-state index < -0.39 is 12.3 Å². The summed E-state index contributed by atoms with van der Waals surface area (Å²) in [5, 5.41) is 1.34. The van der Waals surface area contributed by atoms with Crippen molar-refractivity contribution in [2.75, 3.05) is 26.2 Å². The first-order valence-corrected chi connectivity index (χ1v) is 11.1. The molecule has 0 bridgehead atoms. The van der Waals surface area contributed by atoms with Gasteiger partial charge in [0.2, 0.25) is 0 Å². The summed E-state index contributed by atoms with van der Waals surface area (Å²) in [6.45, 7) is 4.74. The number of nitrogens with zero attached hydrogens (tertiary/aromatic N) is 3. The van der Waals surface area contributed by atoms with Crippen LogP contribution in [0.25, 0.3) is 22.2 Å². The molecule has 1 aromatic heterocycles. The lowest BCUT2D eigenvalue weighted by Crippen LogP contribution is -2.60. The minimum Gasteiger partial charge on any atom is -0.449 e. The fraction of sp³-hybridized carbons (Fsp3) is 0.240.